The van der Waals surface area contributed by atoms with E-state index in [0.29, 0.717) is 24.9 Å². The van der Waals surface area contributed by atoms with Crippen LogP contribution in [-0.4, -0.2) is 36.1 Å². The van der Waals surface area contributed by atoms with Crippen LogP contribution in [0.15, 0.2) is 24.3 Å². The van der Waals surface area contributed by atoms with Gasteiger partial charge in [-0.1, -0.05) is 25.1 Å². The Morgan fingerprint density at radius 1 is 1.25 bits per heavy atom. The lowest BCUT2D eigenvalue weighted by Gasteiger charge is -2.10. The molecule has 1 atom stereocenters. The molecule has 0 bridgehead atoms. The number of aliphatic hydroxyl groups is 1. The minimum atomic E-state index is -0.392. The topological polar surface area (TPSA) is 78.4 Å². The number of benzene rings is 1. The molecule has 0 aliphatic rings. The van der Waals surface area contributed by atoms with Crippen LogP contribution < -0.4 is 10.6 Å². The van der Waals surface area contributed by atoms with E-state index in [9.17, 15) is 14.7 Å². The fourth-order valence-corrected chi connectivity index (χ4v) is 1.73. The third kappa shape index (κ3) is 5.40. The number of aliphatic hydroxyl groups excluding tert-OH is 1. The Morgan fingerprint density at radius 3 is 2.60 bits per heavy atom. The van der Waals surface area contributed by atoms with E-state index < -0.39 is 6.10 Å². The van der Waals surface area contributed by atoms with Gasteiger partial charge >= 0.3 is 0 Å². The zero-order valence-electron chi connectivity index (χ0n) is 12.0. The van der Waals surface area contributed by atoms with Gasteiger partial charge in [-0.15, -0.1) is 0 Å². The van der Waals surface area contributed by atoms with Crippen LogP contribution in [0.25, 0.3) is 0 Å². The highest BCUT2D eigenvalue weighted by Gasteiger charge is 2.10. The monoisotopic (exact) mass is 278 g/mol. The zero-order valence-corrected chi connectivity index (χ0v) is 12.0. The summed E-state index contributed by atoms with van der Waals surface area (Å²) in [6.07, 6.45) is 0.797. The summed E-state index contributed by atoms with van der Waals surface area (Å²) < 4.78 is 0. The Morgan fingerprint density at radius 2 is 1.95 bits per heavy atom. The largest absolute Gasteiger partial charge is 0.393 e. The van der Waals surface area contributed by atoms with Crippen LogP contribution in [0.3, 0.4) is 0 Å². The standard InChI is InChI=1S/C15H22N2O3/c1-3-12(18)8-9-16-14(19)10-17-15(20)13-7-5-4-6-11(13)2/h4-7,12,18H,3,8-10H2,1-2H3,(H,16,19)(H,17,20). The van der Waals surface area contributed by atoms with E-state index in [-0.39, 0.29) is 18.4 Å². The first-order valence-electron chi connectivity index (χ1n) is 6.83. The average Bonchev–Trinajstić information content (AvgIpc) is 2.45. The molecule has 3 N–H and O–H groups in total. The lowest BCUT2D eigenvalue weighted by Crippen LogP contribution is -2.38. The maximum atomic E-state index is 11.9. The number of aryl methyl sites for hydroxylation is 1. The predicted molar refractivity (Wildman–Crippen MR) is 77.4 cm³/mol. The van der Waals surface area contributed by atoms with Gasteiger partial charge in [-0.3, -0.25) is 9.59 Å². The number of hydrogen-bond acceptors (Lipinski definition) is 3. The van der Waals surface area contributed by atoms with Crippen molar-refractivity contribution < 1.29 is 14.7 Å². The SMILES string of the molecule is CCC(O)CCNC(=O)CNC(=O)c1ccccc1C. The van der Waals surface area contributed by atoms with E-state index in [2.05, 4.69) is 10.6 Å². The third-order valence-corrected chi connectivity index (χ3v) is 3.07. The second kappa shape index (κ2) is 8.32. The van der Waals surface area contributed by atoms with Gasteiger partial charge in [0.25, 0.3) is 5.91 Å². The first-order valence-corrected chi connectivity index (χ1v) is 6.83. The van der Waals surface area contributed by atoms with E-state index >= 15 is 0 Å². The van der Waals surface area contributed by atoms with Crippen molar-refractivity contribution in [3.63, 3.8) is 0 Å². The van der Waals surface area contributed by atoms with Crippen molar-refractivity contribution >= 4 is 11.8 Å². The highest BCUT2D eigenvalue weighted by molar-refractivity contribution is 5.97. The van der Waals surface area contributed by atoms with Gasteiger partial charge in [0.2, 0.25) is 5.91 Å². The summed E-state index contributed by atoms with van der Waals surface area (Å²) in [6, 6.07) is 7.22. The molecule has 110 valence electrons. The molecule has 0 aliphatic carbocycles. The summed E-state index contributed by atoms with van der Waals surface area (Å²) in [6.45, 7) is 4.08. The Labute approximate surface area is 119 Å². The zero-order chi connectivity index (χ0) is 15.0. The number of nitrogens with one attached hydrogen (secondary N) is 2. The van der Waals surface area contributed by atoms with Crippen LogP contribution in [0.5, 0.6) is 0 Å². The molecule has 20 heavy (non-hydrogen) atoms. The van der Waals surface area contributed by atoms with Gasteiger partial charge < -0.3 is 15.7 Å². The lowest BCUT2D eigenvalue weighted by atomic mass is 10.1. The fourth-order valence-electron chi connectivity index (χ4n) is 1.73. The molecule has 0 radical (unpaired) electrons. The molecule has 1 aromatic carbocycles. The smallest absolute Gasteiger partial charge is 0.251 e. The molecule has 0 aromatic heterocycles. The number of carbonyl (C=O) groups excluding carboxylic acids is 2. The molecule has 0 spiro atoms. The van der Waals surface area contributed by atoms with E-state index in [1.165, 1.54) is 0 Å². The molecule has 0 aliphatic heterocycles. The molecule has 0 saturated heterocycles. The second-order valence-corrected chi connectivity index (χ2v) is 4.70. The van der Waals surface area contributed by atoms with Crippen LogP contribution in [0, 0.1) is 6.92 Å². The Balaban J connectivity index is 2.31. The van der Waals surface area contributed by atoms with Gasteiger partial charge in [0.05, 0.1) is 12.6 Å². The summed E-state index contributed by atoms with van der Waals surface area (Å²) in [5, 5.41) is 14.6. The number of hydrogen-bond donors (Lipinski definition) is 3. The van der Waals surface area contributed by atoms with E-state index in [1.54, 1.807) is 12.1 Å². The van der Waals surface area contributed by atoms with Crippen molar-refractivity contribution in [1.82, 2.24) is 10.6 Å². The molecule has 5 heteroatoms. The maximum absolute atomic E-state index is 11.9. The molecular weight excluding hydrogens is 256 g/mol. The second-order valence-electron chi connectivity index (χ2n) is 4.70. The number of carbonyl (C=O) groups is 2. The Hall–Kier alpha value is -1.88. The van der Waals surface area contributed by atoms with Crippen LogP contribution in [0.4, 0.5) is 0 Å². The van der Waals surface area contributed by atoms with Crippen LogP contribution in [0.2, 0.25) is 0 Å². The van der Waals surface area contributed by atoms with Gasteiger partial charge in [-0.05, 0) is 31.4 Å². The summed E-state index contributed by atoms with van der Waals surface area (Å²) in [5.41, 5.74) is 1.44. The van der Waals surface area contributed by atoms with Gasteiger partial charge in [0, 0.05) is 12.1 Å². The molecule has 1 unspecified atom stereocenters. The predicted octanol–water partition coefficient (Wildman–Crippen LogP) is 1.00. The molecule has 1 aromatic rings. The number of rotatable bonds is 7. The fraction of sp³-hybridized carbons (Fsp3) is 0.467. The maximum Gasteiger partial charge on any atom is 0.251 e. The van der Waals surface area contributed by atoms with Crippen molar-refractivity contribution in [1.29, 1.82) is 0 Å². The number of amides is 2. The Kier molecular flexibility index (Phi) is 6.73. The first-order chi connectivity index (χ1) is 9.54. The van der Waals surface area contributed by atoms with E-state index in [0.717, 1.165) is 5.56 Å². The molecule has 2 amide bonds. The minimum Gasteiger partial charge on any atom is -0.393 e. The van der Waals surface area contributed by atoms with Gasteiger partial charge in [-0.25, -0.2) is 0 Å². The van der Waals surface area contributed by atoms with Gasteiger partial charge in [-0.2, -0.15) is 0 Å². The Bertz CT molecular complexity index is 460. The van der Waals surface area contributed by atoms with E-state index in [1.807, 2.05) is 26.0 Å². The lowest BCUT2D eigenvalue weighted by molar-refractivity contribution is -0.120. The first kappa shape index (κ1) is 16.2. The van der Waals surface area contributed by atoms with Crippen molar-refractivity contribution in [2.75, 3.05) is 13.1 Å². The van der Waals surface area contributed by atoms with E-state index in [4.69, 9.17) is 0 Å². The average molecular weight is 278 g/mol. The minimum absolute atomic E-state index is 0.0601. The van der Waals surface area contributed by atoms with Gasteiger partial charge in [0.1, 0.15) is 0 Å². The van der Waals surface area contributed by atoms with Crippen molar-refractivity contribution in [3.05, 3.63) is 35.4 Å². The molecular formula is C15H22N2O3. The molecule has 0 fully saturated rings. The molecule has 0 heterocycles. The summed E-state index contributed by atoms with van der Waals surface area (Å²) in [4.78, 5) is 23.4. The highest BCUT2D eigenvalue weighted by Crippen LogP contribution is 2.05. The molecule has 5 nitrogen and oxygen atoms in total. The van der Waals surface area contributed by atoms with Crippen LogP contribution >= 0.6 is 0 Å². The molecule has 0 saturated carbocycles. The quantitative estimate of drug-likeness (QED) is 0.696. The van der Waals surface area contributed by atoms with Crippen molar-refractivity contribution in [3.8, 4) is 0 Å². The summed E-state index contributed by atoms with van der Waals surface area (Å²) >= 11 is 0. The van der Waals surface area contributed by atoms with Gasteiger partial charge in [0.15, 0.2) is 0 Å². The normalized spacial score (nSPS) is 11.8. The van der Waals surface area contributed by atoms with Crippen molar-refractivity contribution in [2.45, 2.75) is 32.8 Å². The highest BCUT2D eigenvalue weighted by atomic mass is 16.3. The van der Waals surface area contributed by atoms with Crippen molar-refractivity contribution in [2.24, 2.45) is 0 Å². The third-order valence-electron chi connectivity index (χ3n) is 3.07. The van der Waals surface area contributed by atoms with Crippen LogP contribution in [-0.2, 0) is 4.79 Å². The molecule has 1 rings (SSSR count). The summed E-state index contributed by atoms with van der Waals surface area (Å²) in [7, 11) is 0. The van der Waals surface area contributed by atoms with Crippen LogP contribution in [0.1, 0.15) is 35.7 Å². The summed E-state index contributed by atoms with van der Waals surface area (Å²) in [5.74, 6) is -0.512.